The second-order valence-electron chi connectivity index (χ2n) is 4.87. The van der Waals surface area contributed by atoms with Crippen LogP contribution in [0.3, 0.4) is 0 Å². The quantitative estimate of drug-likeness (QED) is 0.876. The maximum atomic E-state index is 11.9. The second kappa shape index (κ2) is 6.57. The average Bonchev–Trinajstić information content (AvgIpc) is 2.44. The molecule has 1 aromatic rings. The van der Waals surface area contributed by atoms with Gasteiger partial charge in [0.25, 0.3) is 0 Å². The third-order valence-corrected chi connectivity index (χ3v) is 3.34. The van der Waals surface area contributed by atoms with Gasteiger partial charge in [-0.15, -0.1) is 0 Å². The molecule has 4 nitrogen and oxygen atoms in total. The summed E-state index contributed by atoms with van der Waals surface area (Å²) in [5.74, 6) is 1.11. The van der Waals surface area contributed by atoms with Crippen LogP contribution in [0.15, 0.2) is 18.2 Å². The highest BCUT2D eigenvalue weighted by Gasteiger charge is 2.20. The summed E-state index contributed by atoms with van der Waals surface area (Å²) in [7, 11) is 1.80. The van der Waals surface area contributed by atoms with E-state index in [2.05, 4.69) is 24.4 Å². The molecule has 0 fully saturated rings. The summed E-state index contributed by atoms with van der Waals surface area (Å²) < 4.78 is 5.64. The summed E-state index contributed by atoms with van der Waals surface area (Å²) in [4.78, 5) is 13.8. The number of hydrogen-bond acceptors (Lipinski definition) is 3. The fraction of sp³-hybridized carbons (Fsp3) is 0.533. The number of fused-ring (bicyclic) bond motifs is 1. The van der Waals surface area contributed by atoms with E-state index in [1.807, 2.05) is 11.0 Å². The number of carbonyl (C=O) groups is 1. The highest BCUT2D eigenvalue weighted by molar-refractivity contribution is 5.78. The number of rotatable bonds is 5. The molecule has 0 saturated carbocycles. The minimum absolute atomic E-state index is 0.166. The van der Waals surface area contributed by atoms with E-state index >= 15 is 0 Å². The Morgan fingerprint density at radius 3 is 3.00 bits per heavy atom. The van der Waals surface area contributed by atoms with E-state index in [1.54, 1.807) is 7.05 Å². The van der Waals surface area contributed by atoms with E-state index in [1.165, 1.54) is 11.1 Å². The Kier molecular flexibility index (Phi) is 4.80. The van der Waals surface area contributed by atoms with Crippen molar-refractivity contribution in [1.29, 1.82) is 0 Å². The van der Waals surface area contributed by atoms with E-state index in [0.29, 0.717) is 13.1 Å². The third kappa shape index (κ3) is 3.47. The summed E-state index contributed by atoms with van der Waals surface area (Å²) in [6.07, 6.45) is 1.93. The van der Waals surface area contributed by atoms with Gasteiger partial charge in [-0.1, -0.05) is 13.0 Å². The number of amides is 1. The Bertz CT molecular complexity index is 446. The molecule has 4 heteroatoms. The van der Waals surface area contributed by atoms with E-state index in [9.17, 15) is 4.79 Å². The van der Waals surface area contributed by atoms with Gasteiger partial charge in [0.05, 0.1) is 13.2 Å². The molecule has 1 N–H and O–H groups in total. The first-order chi connectivity index (χ1) is 9.24. The average molecular weight is 262 g/mol. The Balaban J connectivity index is 2.03. The molecular weight excluding hydrogens is 240 g/mol. The zero-order chi connectivity index (χ0) is 13.7. The maximum Gasteiger partial charge on any atom is 0.236 e. The van der Waals surface area contributed by atoms with Crippen LogP contribution < -0.4 is 10.1 Å². The lowest BCUT2D eigenvalue weighted by atomic mass is 9.99. The molecule has 0 spiro atoms. The second-order valence-corrected chi connectivity index (χ2v) is 4.87. The predicted octanol–water partition coefficient (Wildman–Crippen LogP) is 1.58. The lowest BCUT2D eigenvalue weighted by molar-refractivity contribution is -0.131. The number of hydrogen-bond donors (Lipinski definition) is 1. The van der Waals surface area contributed by atoms with Gasteiger partial charge in [0.2, 0.25) is 5.91 Å². The van der Waals surface area contributed by atoms with Crippen LogP contribution in [0, 0.1) is 0 Å². The lowest BCUT2D eigenvalue weighted by Crippen LogP contribution is -2.40. The first-order valence-corrected chi connectivity index (χ1v) is 6.91. The molecule has 0 aromatic heterocycles. The number of ether oxygens (including phenoxy) is 1. The van der Waals surface area contributed by atoms with Gasteiger partial charge in [-0.3, -0.25) is 4.79 Å². The van der Waals surface area contributed by atoms with Crippen molar-refractivity contribution in [3.63, 3.8) is 0 Å². The lowest BCUT2D eigenvalue weighted by Gasteiger charge is -2.29. The molecule has 0 saturated heterocycles. The third-order valence-electron chi connectivity index (χ3n) is 3.34. The number of nitrogens with zero attached hydrogens (tertiary/aromatic N) is 1. The molecule has 0 radical (unpaired) electrons. The van der Waals surface area contributed by atoms with Crippen LogP contribution in [0.2, 0.25) is 0 Å². The van der Waals surface area contributed by atoms with E-state index in [4.69, 9.17) is 4.74 Å². The monoisotopic (exact) mass is 262 g/mol. The van der Waals surface area contributed by atoms with Crippen LogP contribution in [0.1, 0.15) is 24.5 Å². The normalized spacial score (nSPS) is 14.1. The van der Waals surface area contributed by atoms with E-state index in [0.717, 1.165) is 31.7 Å². The zero-order valence-corrected chi connectivity index (χ0v) is 11.7. The maximum absolute atomic E-state index is 11.9. The van der Waals surface area contributed by atoms with Crippen molar-refractivity contribution in [2.75, 3.05) is 26.7 Å². The van der Waals surface area contributed by atoms with E-state index < -0.39 is 0 Å². The van der Waals surface area contributed by atoms with E-state index in [-0.39, 0.29) is 5.91 Å². The molecule has 0 bridgehead atoms. The molecule has 1 amide bonds. The molecule has 1 aliphatic rings. The van der Waals surface area contributed by atoms with Gasteiger partial charge in [0, 0.05) is 13.1 Å². The molecule has 104 valence electrons. The Morgan fingerprint density at radius 1 is 1.42 bits per heavy atom. The molecule has 0 aliphatic carbocycles. The predicted molar refractivity (Wildman–Crippen MR) is 75.3 cm³/mol. The standard InChI is InChI=1S/C15H22N2O2/c1-3-8-19-14-5-4-13-11-17(15(18)10-16-2)7-6-12(13)9-14/h4-5,9,16H,3,6-8,10-11H2,1-2H3. The Hall–Kier alpha value is -1.55. The smallest absolute Gasteiger partial charge is 0.236 e. The fourth-order valence-corrected chi connectivity index (χ4v) is 2.31. The van der Waals surface area contributed by atoms with Crippen LogP contribution >= 0.6 is 0 Å². The Morgan fingerprint density at radius 2 is 2.26 bits per heavy atom. The van der Waals surface area contributed by atoms with Crippen LogP contribution in [0.5, 0.6) is 5.75 Å². The molecule has 2 rings (SSSR count). The van der Waals surface area contributed by atoms with Gasteiger partial charge in [0.15, 0.2) is 0 Å². The van der Waals surface area contributed by atoms with Crippen molar-refractivity contribution in [3.05, 3.63) is 29.3 Å². The largest absolute Gasteiger partial charge is 0.494 e. The number of likely N-dealkylation sites (N-methyl/N-ethyl adjacent to an activating group) is 1. The Labute approximate surface area is 114 Å². The minimum atomic E-state index is 0.166. The summed E-state index contributed by atoms with van der Waals surface area (Å²) >= 11 is 0. The van der Waals surface area contributed by atoms with Gasteiger partial charge in [-0.25, -0.2) is 0 Å². The highest BCUT2D eigenvalue weighted by atomic mass is 16.5. The van der Waals surface area contributed by atoms with Gasteiger partial charge in [-0.2, -0.15) is 0 Å². The van der Waals surface area contributed by atoms with Crippen molar-refractivity contribution >= 4 is 5.91 Å². The van der Waals surface area contributed by atoms with Crippen LogP contribution in [-0.4, -0.2) is 37.6 Å². The summed E-state index contributed by atoms with van der Waals surface area (Å²) in [6.45, 7) is 4.77. The number of carbonyl (C=O) groups excluding carboxylic acids is 1. The molecule has 0 atom stereocenters. The number of nitrogens with one attached hydrogen (secondary N) is 1. The van der Waals surface area contributed by atoms with Crippen molar-refractivity contribution in [2.45, 2.75) is 26.3 Å². The summed E-state index contributed by atoms with van der Waals surface area (Å²) in [5, 5.41) is 2.91. The molecular formula is C15H22N2O2. The van der Waals surface area contributed by atoms with Gasteiger partial charge >= 0.3 is 0 Å². The number of benzene rings is 1. The zero-order valence-electron chi connectivity index (χ0n) is 11.7. The topological polar surface area (TPSA) is 41.6 Å². The van der Waals surface area contributed by atoms with Crippen molar-refractivity contribution in [2.24, 2.45) is 0 Å². The van der Waals surface area contributed by atoms with Crippen LogP contribution in [0.4, 0.5) is 0 Å². The SMILES string of the molecule is CCCOc1ccc2c(c1)CCN(C(=O)CNC)C2. The summed E-state index contributed by atoms with van der Waals surface area (Å²) in [5.41, 5.74) is 2.54. The highest BCUT2D eigenvalue weighted by Crippen LogP contribution is 2.24. The first kappa shape index (κ1) is 13.9. The van der Waals surface area contributed by atoms with Crippen molar-refractivity contribution in [3.8, 4) is 5.75 Å². The molecule has 1 aliphatic heterocycles. The fourth-order valence-electron chi connectivity index (χ4n) is 2.31. The first-order valence-electron chi connectivity index (χ1n) is 6.91. The van der Waals surface area contributed by atoms with Crippen LogP contribution in [0.25, 0.3) is 0 Å². The van der Waals surface area contributed by atoms with Crippen LogP contribution in [-0.2, 0) is 17.8 Å². The molecule has 0 unspecified atom stereocenters. The van der Waals surface area contributed by atoms with Gasteiger partial charge in [-0.05, 0) is 43.1 Å². The van der Waals surface area contributed by atoms with Gasteiger partial charge in [0.1, 0.15) is 5.75 Å². The molecule has 19 heavy (non-hydrogen) atoms. The van der Waals surface area contributed by atoms with Crippen molar-refractivity contribution in [1.82, 2.24) is 10.2 Å². The molecule has 1 heterocycles. The van der Waals surface area contributed by atoms with Gasteiger partial charge < -0.3 is 15.0 Å². The van der Waals surface area contributed by atoms with Crippen molar-refractivity contribution < 1.29 is 9.53 Å². The molecule has 1 aromatic carbocycles. The minimum Gasteiger partial charge on any atom is -0.494 e. The summed E-state index contributed by atoms with van der Waals surface area (Å²) in [6, 6.07) is 6.20.